The second kappa shape index (κ2) is 7.73. The summed E-state index contributed by atoms with van der Waals surface area (Å²) in [5.41, 5.74) is 2.71. The van der Waals surface area contributed by atoms with E-state index in [9.17, 15) is 4.79 Å². The monoisotopic (exact) mass is 348 g/mol. The highest BCUT2D eigenvalue weighted by Crippen LogP contribution is 2.29. The summed E-state index contributed by atoms with van der Waals surface area (Å²) in [6.45, 7) is 0. The first-order valence-electron chi connectivity index (χ1n) is 9.46. The molecule has 4 nitrogen and oxygen atoms in total. The van der Waals surface area contributed by atoms with Crippen molar-refractivity contribution in [3.8, 4) is 0 Å². The molecule has 134 valence electrons. The number of para-hydroxylation sites is 1. The lowest BCUT2D eigenvalue weighted by molar-refractivity contribution is -0.121. The normalized spacial score (nSPS) is 16.0. The lowest BCUT2D eigenvalue weighted by atomic mass is 9.92. The molecule has 1 aromatic heterocycles. The van der Waals surface area contributed by atoms with Crippen LogP contribution in [-0.2, 0) is 17.6 Å². The number of hydrogen-bond donors (Lipinski definition) is 1. The molecule has 1 aliphatic carbocycles. The Bertz CT molecular complexity index is 866. The molecule has 0 bridgehead atoms. The molecular weight excluding hydrogens is 324 g/mol. The fraction of sp³-hybridized carbons (Fsp3) is 0.364. The van der Waals surface area contributed by atoms with Gasteiger partial charge in [0.2, 0.25) is 5.91 Å². The zero-order valence-electron chi connectivity index (χ0n) is 14.9. The predicted octanol–water partition coefficient (Wildman–Crippen LogP) is 4.29. The van der Waals surface area contributed by atoms with Gasteiger partial charge in [-0.25, -0.2) is 0 Å². The minimum absolute atomic E-state index is 0.0249. The van der Waals surface area contributed by atoms with Crippen LogP contribution in [0, 0.1) is 5.92 Å². The molecule has 1 N–H and O–H groups in total. The van der Waals surface area contributed by atoms with Crippen molar-refractivity contribution in [1.82, 2.24) is 10.5 Å². The Labute approximate surface area is 153 Å². The largest absolute Gasteiger partial charge is 0.356 e. The first-order valence-corrected chi connectivity index (χ1v) is 9.46. The van der Waals surface area contributed by atoms with E-state index < -0.39 is 0 Å². The van der Waals surface area contributed by atoms with Crippen LogP contribution in [0.3, 0.4) is 0 Å². The maximum Gasteiger partial charge on any atom is 0.226 e. The number of aromatic nitrogens is 1. The summed E-state index contributed by atoms with van der Waals surface area (Å²) in [4.78, 5) is 12.7. The van der Waals surface area contributed by atoms with Crippen molar-refractivity contribution >= 4 is 16.9 Å². The lowest BCUT2D eigenvalue weighted by Crippen LogP contribution is -2.42. The summed E-state index contributed by atoms with van der Waals surface area (Å²) in [6.07, 6.45) is 6.07. The predicted molar refractivity (Wildman–Crippen MR) is 102 cm³/mol. The number of nitrogens with one attached hydrogen (secondary N) is 1. The van der Waals surface area contributed by atoms with Gasteiger partial charge in [-0.05, 0) is 42.9 Å². The molecule has 1 saturated carbocycles. The molecule has 1 amide bonds. The van der Waals surface area contributed by atoms with E-state index in [1.807, 2.05) is 30.3 Å². The zero-order chi connectivity index (χ0) is 17.8. The van der Waals surface area contributed by atoms with Crippen molar-refractivity contribution in [2.45, 2.75) is 44.6 Å². The zero-order valence-corrected chi connectivity index (χ0v) is 14.9. The van der Waals surface area contributed by atoms with Gasteiger partial charge < -0.3 is 9.84 Å². The summed E-state index contributed by atoms with van der Waals surface area (Å²) < 4.78 is 5.32. The number of nitrogens with zero attached hydrogens (tertiary/aromatic N) is 1. The molecular formula is C22H24N2O2. The van der Waals surface area contributed by atoms with Crippen LogP contribution in [0.25, 0.3) is 11.0 Å². The highest BCUT2D eigenvalue weighted by atomic mass is 16.5. The van der Waals surface area contributed by atoms with Crippen molar-refractivity contribution in [2.24, 2.45) is 5.92 Å². The second-order valence-corrected chi connectivity index (χ2v) is 7.21. The molecule has 0 saturated heterocycles. The first-order chi connectivity index (χ1) is 12.8. The minimum Gasteiger partial charge on any atom is -0.356 e. The third-order valence-corrected chi connectivity index (χ3v) is 5.39. The van der Waals surface area contributed by atoms with Crippen LogP contribution < -0.4 is 5.32 Å². The molecule has 0 radical (unpaired) electrons. The van der Waals surface area contributed by atoms with Crippen molar-refractivity contribution < 1.29 is 9.32 Å². The van der Waals surface area contributed by atoms with E-state index in [-0.39, 0.29) is 18.4 Å². The van der Waals surface area contributed by atoms with Crippen molar-refractivity contribution in [3.05, 3.63) is 65.9 Å². The number of benzene rings is 2. The van der Waals surface area contributed by atoms with Gasteiger partial charge in [0.15, 0.2) is 5.58 Å². The van der Waals surface area contributed by atoms with Gasteiger partial charge in [0.1, 0.15) is 5.69 Å². The Balaban J connectivity index is 1.46. The van der Waals surface area contributed by atoms with Crippen molar-refractivity contribution in [1.29, 1.82) is 0 Å². The number of carbonyl (C=O) groups excluding carboxylic acids is 1. The quantitative estimate of drug-likeness (QED) is 0.723. The van der Waals surface area contributed by atoms with Crippen LogP contribution in [0.5, 0.6) is 0 Å². The maximum absolute atomic E-state index is 12.7. The third-order valence-electron chi connectivity index (χ3n) is 5.39. The van der Waals surface area contributed by atoms with E-state index in [2.05, 4.69) is 34.7 Å². The molecule has 1 heterocycles. The molecule has 4 rings (SSSR count). The molecule has 4 heteroatoms. The Kier molecular flexibility index (Phi) is 5.00. The van der Waals surface area contributed by atoms with Gasteiger partial charge in [0, 0.05) is 11.4 Å². The summed E-state index contributed by atoms with van der Waals surface area (Å²) in [5, 5.41) is 8.30. The third kappa shape index (κ3) is 3.79. The molecule has 0 aliphatic heterocycles. The number of fused-ring (bicyclic) bond motifs is 1. The average Bonchev–Trinajstić information content (AvgIpc) is 3.33. The molecule has 2 aromatic carbocycles. The number of rotatable bonds is 6. The average molecular weight is 348 g/mol. The number of amides is 1. The molecule has 3 aromatic rings. The maximum atomic E-state index is 12.7. The molecule has 26 heavy (non-hydrogen) atoms. The molecule has 0 spiro atoms. The highest BCUT2D eigenvalue weighted by Gasteiger charge is 2.27. The Morgan fingerprint density at radius 3 is 2.62 bits per heavy atom. The van der Waals surface area contributed by atoms with E-state index in [4.69, 9.17) is 4.52 Å². The van der Waals surface area contributed by atoms with Crippen LogP contribution in [0.4, 0.5) is 0 Å². The second-order valence-electron chi connectivity index (χ2n) is 7.21. The minimum atomic E-state index is 0.0249. The topological polar surface area (TPSA) is 55.1 Å². The van der Waals surface area contributed by atoms with E-state index in [1.54, 1.807) is 0 Å². The van der Waals surface area contributed by atoms with Gasteiger partial charge in [-0.15, -0.1) is 0 Å². The van der Waals surface area contributed by atoms with E-state index in [0.29, 0.717) is 11.6 Å². The van der Waals surface area contributed by atoms with Crippen LogP contribution >= 0.6 is 0 Å². The van der Waals surface area contributed by atoms with Gasteiger partial charge in [0.05, 0.1) is 6.42 Å². The van der Waals surface area contributed by atoms with Crippen LogP contribution in [0.15, 0.2) is 59.1 Å². The van der Waals surface area contributed by atoms with E-state index in [1.165, 1.54) is 31.2 Å². The van der Waals surface area contributed by atoms with Crippen LogP contribution in [-0.4, -0.2) is 17.1 Å². The van der Waals surface area contributed by atoms with Gasteiger partial charge in [-0.3, -0.25) is 4.79 Å². The Morgan fingerprint density at radius 1 is 1.08 bits per heavy atom. The smallest absolute Gasteiger partial charge is 0.226 e. The number of carbonyl (C=O) groups is 1. The highest BCUT2D eigenvalue weighted by molar-refractivity contribution is 5.86. The Morgan fingerprint density at radius 2 is 1.81 bits per heavy atom. The summed E-state index contributed by atoms with van der Waals surface area (Å²) >= 11 is 0. The van der Waals surface area contributed by atoms with Gasteiger partial charge >= 0.3 is 0 Å². The summed E-state index contributed by atoms with van der Waals surface area (Å²) in [5.74, 6) is 0.588. The van der Waals surface area contributed by atoms with Crippen LogP contribution in [0.2, 0.25) is 0 Å². The standard InChI is InChI=1S/C22H24N2O2/c25-22(15-20-18-12-6-7-13-21(18)26-24-20)23-19(17-10-4-5-11-17)14-16-8-2-1-3-9-16/h1-3,6-9,12-13,17,19H,4-5,10-11,14-15H2,(H,23,25). The molecule has 1 aliphatic rings. The molecule has 1 atom stereocenters. The first kappa shape index (κ1) is 16.8. The van der Waals surface area contributed by atoms with Gasteiger partial charge in [-0.1, -0.05) is 60.5 Å². The lowest BCUT2D eigenvalue weighted by Gasteiger charge is -2.25. The molecule has 1 unspecified atom stereocenters. The van der Waals surface area contributed by atoms with Crippen LogP contribution in [0.1, 0.15) is 36.9 Å². The fourth-order valence-electron chi connectivity index (χ4n) is 4.04. The Hall–Kier alpha value is -2.62. The van der Waals surface area contributed by atoms with Gasteiger partial charge in [-0.2, -0.15) is 0 Å². The summed E-state index contributed by atoms with van der Waals surface area (Å²) in [6, 6.07) is 18.3. The van der Waals surface area contributed by atoms with E-state index in [0.717, 1.165) is 17.4 Å². The van der Waals surface area contributed by atoms with Gasteiger partial charge in [0.25, 0.3) is 0 Å². The fourth-order valence-corrected chi connectivity index (χ4v) is 4.04. The summed E-state index contributed by atoms with van der Waals surface area (Å²) in [7, 11) is 0. The van der Waals surface area contributed by atoms with Crippen molar-refractivity contribution in [3.63, 3.8) is 0 Å². The van der Waals surface area contributed by atoms with Crippen molar-refractivity contribution in [2.75, 3.05) is 0 Å². The molecule has 1 fully saturated rings. The SMILES string of the molecule is O=C(Cc1noc2ccccc12)NC(Cc1ccccc1)C1CCCC1. The number of hydrogen-bond acceptors (Lipinski definition) is 3. The van der Waals surface area contributed by atoms with E-state index >= 15 is 0 Å².